The van der Waals surface area contributed by atoms with Crippen LogP contribution in [0.1, 0.15) is 23.3 Å². The summed E-state index contributed by atoms with van der Waals surface area (Å²) >= 11 is 0. The molecule has 5 nitrogen and oxygen atoms in total. The van der Waals surface area contributed by atoms with Gasteiger partial charge in [0.1, 0.15) is 17.6 Å². The van der Waals surface area contributed by atoms with Crippen LogP contribution in [0.2, 0.25) is 0 Å². The molecule has 0 spiro atoms. The minimum absolute atomic E-state index is 0.305. The van der Waals surface area contributed by atoms with Gasteiger partial charge in [-0.25, -0.2) is 4.39 Å². The van der Waals surface area contributed by atoms with Crippen molar-refractivity contribution in [2.24, 2.45) is 0 Å². The SMILES string of the molecule is O=C(N[C@@H]1CC[C@@H](O)[C@@H]1O)c1cc2ccc(F)cc2[nH]1. The lowest BCUT2D eigenvalue weighted by Gasteiger charge is -2.17. The number of aliphatic hydroxyl groups is 2. The summed E-state index contributed by atoms with van der Waals surface area (Å²) in [6.07, 6.45) is -0.745. The molecule has 0 saturated heterocycles. The van der Waals surface area contributed by atoms with Crippen LogP contribution in [0.15, 0.2) is 24.3 Å². The van der Waals surface area contributed by atoms with Gasteiger partial charge in [-0.2, -0.15) is 0 Å². The fraction of sp³-hybridized carbons (Fsp3) is 0.357. The van der Waals surface area contributed by atoms with Crippen molar-refractivity contribution in [3.8, 4) is 0 Å². The number of benzene rings is 1. The fourth-order valence-electron chi connectivity index (χ4n) is 2.59. The molecule has 20 heavy (non-hydrogen) atoms. The van der Waals surface area contributed by atoms with Crippen molar-refractivity contribution >= 4 is 16.8 Å². The Balaban J connectivity index is 1.79. The Hall–Kier alpha value is -1.92. The molecular formula is C14H15FN2O3. The summed E-state index contributed by atoms with van der Waals surface area (Å²) in [4.78, 5) is 14.9. The average Bonchev–Trinajstić information content (AvgIpc) is 2.96. The van der Waals surface area contributed by atoms with Crippen LogP contribution < -0.4 is 5.32 Å². The summed E-state index contributed by atoms with van der Waals surface area (Å²) in [6.45, 7) is 0. The number of hydrogen-bond donors (Lipinski definition) is 4. The van der Waals surface area contributed by atoms with E-state index in [2.05, 4.69) is 10.3 Å². The van der Waals surface area contributed by atoms with E-state index in [0.29, 0.717) is 24.1 Å². The van der Waals surface area contributed by atoms with Crippen molar-refractivity contribution < 1.29 is 19.4 Å². The molecule has 1 heterocycles. The third-order valence-electron chi connectivity index (χ3n) is 3.73. The van der Waals surface area contributed by atoms with Gasteiger partial charge in [-0.05, 0) is 37.1 Å². The monoisotopic (exact) mass is 278 g/mol. The standard InChI is InChI=1S/C14H15FN2O3/c15-8-2-1-7-5-11(16-10(7)6-8)14(20)17-9-3-4-12(18)13(9)19/h1-2,5-6,9,12-13,16,18-19H,3-4H2,(H,17,20)/t9-,12-,13-/m1/s1. The van der Waals surface area contributed by atoms with E-state index >= 15 is 0 Å². The number of aliphatic hydroxyl groups excluding tert-OH is 2. The lowest BCUT2D eigenvalue weighted by molar-refractivity contribution is 0.0296. The van der Waals surface area contributed by atoms with E-state index in [-0.39, 0.29) is 11.7 Å². The van der Waals surface area contributed by atoms with Crippen molar-refractivity contribution in [2.75, 3.05) is 0 Å². The topological polar surface area (TPSA) is 85.3 Å². The van der Waals surface area contributed by atoms with E-state index < -0.39 is 18.2 Å². The molecule has 0 aliphatic heterocycles. The number of H-pyrrole nitrogens is 1. The minimum atomic E-state index is -0.944. The number of amides is 1. The van der Waals surface area contributed by atoms with E-state index in [1.54, 1.807) is 12.1 Å². The zero-order valence-corrected chi connectivity index (χ0v) is 10.6. The molecular weight excluding hydrogens is 263 g/mol. The molecule has 6 heteroatoms. The first kappa shape index (κ1) is 13.1. The summed E-state index contributed by atoms with van der Waals surface area (Å²) in [5.74, 6) is -0.750. The molecule has 0 unspecified atom stereocenters. The molecule has 0 radical (unpaired) electrons. The molecule has 0 bridgehead atoms. The normalized spacial score (nSPS) is 26.1. The molecule has 1 aromatic heterocycles. The number of carbonyl (C=O) groups excluding carboxylic acids is 1. The Kier molecular flexibility index (Phi) is 3.19. The molecule has 1 aliphatic rings. The number of aromatic nitrogens is 1. The number of aromatic amines is 1. The number of hydrogen-bond acceptors (Lipinski definition) is 3. The summed E-state index contributed by atoms with van der Waals surface area (Å²) in [5.41, 5.74) is 0.848. The van der Waals surface area contributed by atoms with E-state index in [1.165, 1.54) is 12.1 Å². The van der Waals surface area contributed by atoms with Gasteiger partial charge in [-0.1, -0.05) is 0 Å². The highest BCUT2D eigenvalue weighted by molar-refractivity contribution is 5.98. The van der Waals surface area contributed by atoms with Gasteiger partial charge in [-0.15, -0.1) is 0 Å². The first-order valence-corrected chi connectivity index (χ1v) is 6.50. The molecule has 1 fully saturated rings. The summed E-state index contributed by atoms with van der Waals surface area (Å²) in [5, 5.41) is 22.6. The minimum Gasteiger partial charge on any atom is -0.390 e. The number of carbonyl (C=O) groups is 1. The predicted octanol–water partition coefficient (Wildman–Crippen LogP) is 0.921. The van der Waals surface area contributed by atoms with Crippen molar-refractivity contribution in [2.45, 2.75) is 31.1 Å². The van der Waals surface area contributed by atoms with Gasteiger partial charge in [0.15, 0.2) is 0 Å². The van der Waals surface area contributed by atoms with Crippen molar-refractivity contribution in [3.63, 3.8) is 0 Å². The van der Waals surface area contributed by atoms with Crippen LogP contribution >= 0.6 is 0 Å². The van der Waals surface area contributed by atoms with Crippen LogP contribution in [0.4, 0.5) is 4.39 Å². The maximum absolute atomic E-state index is 13.1. The van der Waals surface area contributed by atoms with Gasteiger partial charge < -0.3 is 20.5 Å². The molecule has 3 rings (SSSR count). The summed E-state index contributed by atoms with van der Waals surface area (Å²) in [6, 6.07) is 5.41. The van der Waals surface area contributed by atoms with Gasteiger partial charge in [0, 0.05) is 10.9 Å². The summed E-state index contributed by atoms with van der Waals surface area (Å²) < 4.78 is 13.1. The largest absolute Gasteiger partial charge is 0.390 e. The summed E-state index contributed by atoms with van der Waals surface area (Å²) in [7, 11) is 0. The molecule has 4 N–H and O–H groups in total. The van der Waals surface area contributed by atoms with Crippen molar-refractivity contribution in [1.82, 2.24) is 10.3 Å². The first-order valence-electron chi connectivity index (χ1n) is 6.50. The Bertz CT molecular complexity index is 655. The maximum atomic E-state index is 13.1. The first-order chi connectivity index (χ1) is 9.54. The third kappa shape index (κ3) is 2.28. The van der Waals surface area contributed by atoms with Crippen LogP contribution in [-0.4, -0.2) is 39.4 Å². The lowest BCUT2D eigenvalue weighted by atomic mass is 10.2. The number of halogens is 1. The van der Waals surface area contributed by atoms with E-state index in [1.807, 2.05) is 0 Å². The van der Waals surface area contributed by atoms with Crippen LogP contribution in [-0.2, 0) is 0 Å². The number of fused-ring (bicyclic) bond motifs is 1. The van der Waals surface area contributed by atoms with Crippen LogP contribution in [0, 0.1) is 5.82 Å². The van der Waals surface area contributed by atoms with Gasteiger partial charge in [0.2, 0.25) is 0 Å². The zero-order valence-electron chi connectivity index (χ0n) is 10.6. The van der Waals surface area contributed by atoms with Crippen LogP contribution in [0.3, 0.4) is 0 Å². The molecule has 3 atom stereocenters. The van der Waals surface area contributed by atoms with E-state index in [4.69, 9.17) is 0 Å². The molecule has 106 valence electrons. The van der Waals surface area contributed by atoms with Crippen LogP contribution in [0.25, 0.3) is 10.9 Å². The highest BCUT2D eigenvalue weighted by Crippen LogP contribution is 2.21. The van der Waals surface area contributed by atoms with Crippen molar-refractivity contribution in [3.05, 3.63) is 35.8 Å². The molecule has 1 aromatic carbocycles. The molecule has 2 aromatic rings. The second kappa shape index (κ2) is 4.88. The van der Waals surface area contributed by atoms with Crippen molar-refractivity contribution in [1.29, 1.82) is 0 Å². The number of nitrogens with one attached hydrogen (secondary N) is 2. The van der Waals surface area contributed by atoms with Gasteiger partial charge in [-0.3, -0.25) is 4.79 Å². The fourth-order valence-corrected chi connectivity index (χ4v) is 2.59. The lowest BCUT2D eigenvalue weighted by Crippen LogP contribution is -2.43. The smallest absolute Gasteiger partial charge is 0.268 e. The van der Waals surface area contributed by atoms with Crippen LogP contribution in [0.5, 0.6) is 0 Å². The Labute approximate surface area is 114 Å². The van der Waals surface area contributed by atoms with Gasteiger partial charge >= 0.3 is 0 Å². The van der Waals surface area contributed by atoms with Gasteiger partial charge in [0.25, 0.3) is 5.91 Å². The Morgan fingerprint density at radius 2 is 2.10 bits per heavy atom. The average molecular weight is 278 g/mol. The molecule has 1 aliphatic carbocycles. The maximum Gasteiger partial charge on any atom is 0.268 e. The highest BCUT2D eigenvalue weighted by atomic mass is 19.1. The molecule has 1 amide bonds. The molecule has 1 saturated carbocycles. The second-order valence-corrected chi connectivity index (χ2v) is 5.13. The Morgan fingerprint density at radius 1 is 1.30 bits per heavy atom. The van der Waals surface area contributed by atoms with Gasteiger partial charge in [0.05, 0.1) is 12.1 Å². The second-order valence-electron chi connectivity index (χ2n) is 5.13. The zero-order chi connectivity index (χ0) is 14.3. The third-order valence-corrected chi connectivity index (χ3v) is 3.73. The van der Waals surface area contributed by atoms with E-state index in [0.717, 1.165) is 5.39 Å². The predicted molar refractivity (Wildman–Crippen MR) is 70.8 cm³/mol. The number of rotatable bonds is 2. The highest BCUT2D eigenvalue weighted by Gasteiger charge is 2.34. The quantitative estimate of drug-likeness (QED) is 0.659. The van der Waals surface area contributed by atoms with E-state index in [9.17, 15) is 19.4 Å². The Morgan fingerprint density at radius 3 is 2.80 bits per heavy atom.